The van der Waals surface area contributed by atoms with Gasteiger partial charge in [0.25, 0.3) is 5.95 Å². The van der Waals surface area contributed by atoms with E-state index in [9.17, 15) is 0 Å². The van der Waals surface area contributed by atoms with Gasteiger partial charge in [-0.25, -0.2) is 4.98 Å². The van der Waals surface area contributed by atoms with Crippen molar-refractivity contribution in [2.75, 3.05) is 10.3 Å². The van der Waals surface area contributed by atoms with Gasteiger partial charge in [0.05, 0.1) is 0 Å². The van der Waals surface area contributed by atoms with E-state index in [2.05, 4.69) is 20.6 Å². The zero-order valence-electron chi connectivity index (χ0n) is 20.4. The second-order valence-corrected chi connectivity index (χ2v) is 8.57. The van der Waals surface area contributed by atoms with Crippen LogP contribution in [0.15, 0.2) is 133 Å². The Labute approximate surface area is 227 Å². The van der Waals surface area contributed by atoms with E-state index in [1.165, 1.54) is 5.01 Å². The van der Waals surface area contributed by atoms with Crippen molar-refractivity contribution in [1.82, 2.24) is 15.2 Å². The Morgan fingerprint density at radius 2 is 1.24 bits per heavy atom. The van der Waals surface area contributed by atoms with Crippen LogP contribution in [0.5, 0.6) is 0 Å². The van der Waals surface area contributed by atoms with Gasteiger partial charge in [-0.15, -0.1) is 10.2 Å². The van der Waals surface area contributed by atoms with Crippen LogP contribution in [-0.4, -0.2) is 26.5 Å². The van der Waals surface area contributed by atoms with Crippen molar-refractivity contribution < 1.29 is 0 Å². The fraction of sp³-hybridized carbons (Fsp3) is 0. The molecule has 0 aliphatic carbocycles. The van der Waals surface area contributed by atoms with E-state index in [-0.39, 0.29) is 5.95 Å². The van der Waals surface area contributed by atoms with Crippen LogP contribution in [0.2, 0.25) is 0 Å². The minimum Gasteiger partial charge on any atom is -0.331 e. The highest BCUT2D eigenvalue weighted by Crippen LogP contribution is 2.29. The molecular weight excluding hydrogens is 488 g/mol. The smallest absolute Gasteiger partial charge is 0.273 e. The van der Waals surface area contributed by atoms with Crippen molar-refractivity contribution in [2.45, 2.75) is 0 Å². The summed E-state index contributed by atoms with van der Waals surface area (Å²) in [6.45, 7) is 0. The van der Waals surface area contributed by atoms with E-state index in [4.69, 9.17) is 17.2 Å². The van der Waals surface area contributed by atoms with Crippen LogP contribution in [0.4, 0.5) is 11.6 Å². The number of nitrogens with one attached hydrogen (secondary N) is 1. The van der Waals surface area contributed by atoms with Crippen molar-refractivity contribution in [3.05, 3.63) is 133 Å². The average Bonchev–Trinajstić information content (AvgIpc) is 2.99. The zero-order valence-corrected chi connectivity index (χ0v) is 21.2. The molecule has 6 nitrogen and oxygen atoms in total. The fourth-order valence-electron chi connectivity index (χ4n) is 3.71. The van der Waals surface area contributed by atoms with Gasteiger partial charge in [-0.2, -0.15) is 10.1 Å². The van der Waals surface area contributed by atoms with Gasteiger partial charge in [0.15, 0.2) is 0 Å². The van der Waals surface area contributed by atoms with Crippen LogP contribution >= 0.6 is 12.2 Å². The standard InChI is InChI=1S/C31H24N6S/c38-31(33-27-21-11-4-12-22-27)37(32-23-13-16-24-14-5-1-6-15-24)30-34-28(25-17-7-2-8-18-25)29(35-36-30)26-19-9-3-10-20-26/h1-23H,(H,33,38)/b16-13+,32-23-. The van der Waals surface area contributed by atoms with E-state index >= 15 is 0 Å². The van der Waals surface area contributed by atoms with Gasteiger partial charge >= 0.3 is 0 Å². The normalized spacial score (nSPS) is 11.1. The van der Waals surface area contributed by atoms with Crippen LogP contribution in [-0.2, 0) is 0 Å². The number of aromatic nitrogens is 3. The molecule has 0 fully saturated rings. The number of hydrogen-bond acceptors (Lipinski definition) is 5. The lowest BCUT2D eigenvalue weighted by molar-refractivity contribution is 0.926. The van der Waals surface area contributed by atoms with Gasteiger partial charge in [-0.05, 0) is 36.0 Å². The summed E-state index contributed by atoms with van der Waals surface area (Å²) in [6.07, 6.45) is 5.46. The molecule has 0 bridgehead atoms. The Hall–Kier alpha value is -5.01. The Kier molecular flexibility index (Phi) is 7.98. The first-order valence-corrected chi connectivity index (χ1v) is 12.5. The molecule has 0 aliphatic rings. The number of thiocarbonyl (C=S) groups is 1. The molecule has 0 atom stereocenters. The van der Waals surface area contributed by atoms with Crippen molar-refractivity contribution >= 4 is 41.3 Å². The number of anilines is 2. The largest absolute Gasteiger partial charge is 0.331 e. The second kappa shape index (κ2) is 12.3. The van der Waals surface area contributed by atoms with Crippen molar-refractivity contribution in [3.63, 3.8) is 0 Å². The minimum atomic E-state index is 0.251. The summed E-state index contributed by atoms with van der Waals surface area (Å²) in [5, 5.41) is 18.6. The molecule has 4 aromatic carbocycles. The fourth-order valence-corrected chi connectivity index (χ4v) is 3.96. The highest BCUT2D eigenvalue weighted by molar-refractivity contribution is 7.80. The summed E-state index contributed by atoms with van der Waals surface area (Å²) < 4.78 is 0. The molecule has 0 amide bonds. The predicted molar refractivity (Wildman–Crippen MR) is 160 cm³/mol. The summed E-state index contributed by atoms with van der Waals surface area (Å²) >= 11 is 5.74. The predicted octanol–water partition coefficient (Wildman–Crippen LogP) is 7.11. The third-order valence-electron chi connectivity index (χ3n) is 5.53. The molecule has 5 aromatic rings. The molecule has 1 aromatic heterocycles. The molecule has 0 saturated carbocycles. The van der Waals surface area contributed by atoms with Crippen LogP contribution in [0.3, 0.4) is 0 Å². The van der Waals surface area contributed by atoms with Crippen molar-refractivity contribution in [3.8, 4) is 22.5 Å². The molecule has 7 heteroatoms. The molecule has 0 radical (unpaired) electrons. The Balaban J connectivity index is 1.54. The van der Waals surface area contributed by atoms with Gasteiger partial charge in [-0.1, -0.05) is 115 Å². The third-order valence-corrected chi connectivity index (χ3v) is 5.81. The van der Waals surface area contributed by atoms with E-state index in [1.54, 1.807) is 6.21 Å². The lowest BCUT2D eigenvalue weighted by Crippen LogP contribution is -2.32. The van der Waals surface area contributed by atoms with E-state index < -0.39 is 0 Å². The number of para-hydroxylation sites is 1. The highest BCUT2D eigenvalue weighted by Gasteiger charge is 2.20. The number of allylic oxidation sites excluding steroid dienone is 1. The SMILES string of the molecule is S=C(Nc1ccccc1)N(/N=C\C=C\c1ccccc1)c1nnc(-c2ccccc2)c(-c2ccccc2)n1. The number of benzene rings is 4. The van der Waals surface area contributed by atoms with E-state index in [0.29, 0.717) is 16.5 Å². The molecule has 0 aliphatic heterocycles. The monoisotopic (exact) mass is 512 g/mol. The van der Waals surface area contributed by atoms with Gasteiger partial charge in [0, 0.05) is 23.0 Å². The first-order chi connectivity index (χ1) is 18.8. The van der Waals surface area contributed by atoms with Crippen LogP contribution in [0.25, 0.3) is 28.6 Å². The molecule has 38 heavy (non-hydrogen) atoms. The average molecular weight is 513 g/mol. The molecule has 0 spiro atoms. The lowest BCUT2D eigenvalue weighted by atomic mass is 10.0. The number of nitrogens with zero attached hydrogens (tertiary/aromatic N) is 5. The minimum absolute atomic E-state index is 0.251. The van der Waals surface area contributed by atoms with Crippen LogP contribution in [0, 0.1) is 0 Å². The first-order valence-electron chi connectivity index (χ1n) is 12.1. The Bertz CT molecular complexity index is 1540. The van der Waals surface area contributed by atoms with Gasteiger partial charge in [0.2, 0.25) is 5.11 Å². The highest BCUT2D eigenvalue weighted by atomic mass is 32.1. The van der Waals surface area contributed by atoms with Crippen molar-refractivity contribution in [1.29, 1.82) is 0 Å². The molecule has 0 saturated heterocycles. The Morgan fingerprint density at radius 1 is 0.684 bits per heavy atom. The molecule has 1 heterocycles. The van der Waals surface area contributed by atoms with E-state index in [1.807, 2.05) is 133 Å². The molecule has 1 N–H and O–H groups in total. The van der Waals surface area contributed by atoms with Gasteiger partial charge in [-0.3, -0.25) is 0 Å². The molecule has 184 valence electrons. The summed E-state index contributed by atoms with van der Waals surface area (Å²) in [5.41, 5.74) is 5.09. The maximum Gasteiger partial charge on any atom is 0.273 e. The quantitative estimate of drug-likeness (QED) is 0.142. The van der Waals surface area contributed by atoms with Crippen molar-refractivity contribution in [2.24, 2.45) is 5.10 Å². The Morgan fingerprint density at radius 3 is 1.87 bits per heavy atom. The lowest BCUT2D eigenvalue weighted by Gasteiger charge is -2.19. The summed E-state index contributed by atoms with van der Waals surface area (Å²) in [5.74, 6) is 0.251. The van der Waals surface area contributed by atoms with Crippen LogP contribution in [0.1, 0.15) is 5.56 Å². The summed E-state index contributed by atoms with van der Waals surface area (Å²) in [4.78, 5) is 4.91. The zero-order chi connectivity index (χ0) is 26.0. The van der Waals surface area contributed by atoms with Gasteiger partial charge in [0.1, 0.15) is 11.4 Å². The molecular formula is C31H24N6S. The van der Waals surface area contributed by atoms with E-state index in [0.717, 1.165) is 22.4 Å². The number of hydrogen-bond donors (Lipinski definition) is 1. The maximum absolute atomic E-state index is 5.74. The van der Waals surface area contributed by atoms with Gasteiger partial charge < -0.3 is 5.32 Å². The maximum atomic E-state index is 5.74. The van der Waals surface area contributed by atoms with Crippen LogP contribution < -0.4 is 10.3 Å². The second-order valence-electron chi connectivity index (χ2n) is 8.18. The summed E-state index contributed by atoms with van der Waals surface area (Å²) in [7, 11) is 0. The summed E-state index contributed by atoms with van der Waals surface area (Å²) in [6, 6.07) is 39.4. The number of hydrazone groups is 1. The molecule has 5 rings (SSSR count). The number of rotatable bonds is 7. The topological polar surface area (TPSA) is 66.3 Å². The first kappa shape index (κ1) is 24.7. The molecule has 0 unspecified atom stereocenters. The third kappa shape index (κ3) is 6.21.